The van der Waals surface area contributed by atoms with Crippen LogP contribution in [0.5, 0.6) is 0 Å². The van der Waals surface area contributed by atoms with E-state index < -0.39 is 11.9 Å². The summed E-state index contributed by atoms with van der Waals surface area (Å²) in [6.07, 6.45) is 0.337. The van der Waals surface area contributed by atoms with E-state index in [9.17, 15) is 9.59 Å². The second-order valence-electron chi connectivity index (χ2n) is 3.84. The van der Waals surface area contributed by atoms with Crippen LogP contribution in [0, 0.1) is 13.8 Å². The standard InChI is InChI=1S/C12H17NO4/c1-4-17-12(16)11-9(5-6-10(14)15)7(2)8(3)13-11/h13H,4-6H2,1-3H3,(H,14,15). The van der Waals surface area contributed by atoms with Gasteiger partial charge in [-0.3, -0.25) is 4.79 Å². The minimum atomic E-state index is -0.877. The third-order valence-corrected chi connectivity index (χ3v) is 2.70. The van der Waals surface area contributed by atoms with Crippen molar-refractivity contribution in [1.82, 2.24) is 4.98 Å². The highest BCUT2D eigenvalue weighted by Crippen LogP contribution is 2.20. The maximum Gasteiger partial charge on any atom is 0.355 e. The summed E-state index contributed by atoms with van der Waals surface area (Å²) < 4.78 is 4.93. The second-order valence-corrected chi connectivity index (χ2v) is 3.84. The van der Waals surface area contributed by atoms with Gasteiger partial charge in [-0.2, -0.15) is 0 Å². The van der Waals surface area contributed by atoms with Crippen molar-refractivity contribution in [3.63, 3.8) is 0 Å². The molecule has 94 valence electrons. The van der Waals surface area contributed by atoms with Crippen molar-refractivity contribution in [2.75, 3.05) is 6.61 Å². The zero-order chi connectivity index (χ0) is 13.0. The Morgan fingerprint density at radius 3 is 2.53 bits per heavy atom. The van der Waals surface area contributed by atoms with Crippen molar-refractivity contribution in [2.24, 2.45) is 0 Å². The molecule has 1 aromatic heterocycles. The van der Waals surface area contributed by atoms with Crippen LogP contribution in [-0.2, 0) is 16.0 Å². The van der Waals surface area contributed by atoms with Gasteiger partial charge in [-0.05, 0) is 38.3 Å². The van der Waals surface area contributed by atoms with Crippen LogP contribution in [0.4, 0.5) is 0 Å². The Morgan fingerprint density at radius 1 is 1.35 bits per heavy atom. The fourth-order valence-corrected chi connectivity index (χ4v) is 1.69. The van der Waals surface area contributed by atoms with Gasteiger partial charge in [0.2, 0.25) is 0 Å². The predicted octanol–water partition coefficient (Wildman–Crippen LogP) is 1.83. The molecule has 1 aromatic rings. The van der Waals surface area contributed by atoms with E-state index in [-0.39, 0.29) is 6.42 Å². The van der Waals surface area contributed by atoms with Crippen molar-refractivity contribution >= 4 is 11.9 Å². The van der Waals surface area contributed by atoms with E-state index in [2.05, 4.69) is 4.98 Å². The average molecular weight is 239 g/mol. The molecule has 1 heterocycles. The first kappa shape index (κ1) is 13.3. The molecule has 2 N–H and O–H groups in total. The molecule has 0 saturated heterocycles. The molecule has 5 heteroatoms. The molecule has 0 bridgehead atoms. The van der Waals surface area contributed by atoms with Crippen LogP contribution in [0.2, 0.25) is 0 Å². The Balaban J connectivity index is 2.99. The maximum atomic E-state index is 11.7. The number of carbonyl (C=O) groups excluding carboxylic acids is 1. The van der Waals surface area contributed by atoms with Crippen LogP contribution in [0.3, 0.4) is 0 Å². The average Bonchev–Trinajstić information content (AvgIpc) is 2.53. The number of H-pyrrole nitrogens is 1. The fraction of sp³-hybridized carbons (Fsp3) is 0.500. The van der Waals surface area contributed by atoms with E-state index in [1.165, 1.54) is 0 Å². The van der Waals surface area contributed by atoms with E-state index in [1.807, 2.05) is 13.8 Å². The molecule has 0 aliphatic heterocycles. The Hall–Kier alpha value is -1.78. The monoisotopic (exact) mass is 239 g/mol. The van der Waals surface area contributed by atoms with Crippen molar-refractivity contribution in [1.29, 1.82) is 0 Å². The van der Waals surface area contributed by atoms with Gasteiger partial charge >= 0.3 is 11.9 Å². The number of aromatic nitrogens is 1. The largest absolute Gasteiger partial charge is 0.481 e. The molecule has 0 aliphatic carbocycles. The topological polar surface area (TPSA) is 79.4 Å². The van der Waals surface area contributed by atoms with Gasteiger partial charge in [-0.1, -0.05) is 0 Å². The van der Waals surface area contributed by atoms with E-state index in [1.54, 1.807) is 6.92 Å². The summed E-state index contributed by atoms with van der Waals surface area (Å²) in [5.74, 6) is -1.30. The first-order chi connectivity index (χ1) is 7.97. The highest BCUT2D eigenvalue weighted by atomic mass is 16.5. The molecular formula is C12H17NO4. The Morgan fingerprint density at radius 2 is 2.00 bits per heavy atom. The number of carboxylic acid groups (broad SMARTS) is 1. The maximum absolute atomic E-state index is 11.7. The quantitative estimate of drug-likeness (QED) is 0.768. The lowest BCUT2D eigenvalue weighted by Crippen LogP contribution is -2.09. The van der Waals surface area contributed by atoms with Gasteiger partial charge in [-0.15, -0.1) is 0 Å². The van der Waals surface area contributed by atoms with Gasteiger partial charge in [0.1, 0.15) is 5.69 Å². The molecule has 0 radical (unpaired) electrons. The number of aryl methyl sites for hydroxylation is 1. The summed E-state index contributed by atoms with van der Waals surface area (Å²) in [6, 6.07) is 0. The number of hydrogen-bond donors (Lipinski definition) is 2. The van der Waals surface area contributed by atoms with Gasteiger partial charge in [0.15, 0.2) is 0 Å². The summed E-state index contributed by atoms with van der Waals surface area (Å²) in [7, 11) is 0. The van der Waals surface area contributed by atoms with Crippen LogP contribution in [0.1, 0.15) is 40.7 Å². The van der Waals surface area contributed by atoms with Crippen molar-refractivity contribution in [2.45, 2.75) is 33.6 Å². The summed E-state index contributed by atoms with van der Waals surface area (Å²) in [6.45, 7) is 5.75. The number of aliphatic carboxylic acids is 1. The number of aromatic amines is 1. The van der Waals surface area contributed by atoms with E-state index >= 15 is 0 Å². The molecule has 0 unspecified atom stereocenters. The molecule has 5 nitrogen and oxygen atoms in total. The van der Waals surface area contributed by atoms with E-state index in [0.29, 0.717) is 18.7 Å². The number of carboxylic acids is 1. The minimum absolute atomic E-state index is 0.00450. The molecule has 0 amide bonds. The Labute approximate surface area is 99.8 Å². The van der Waals surface area contributed by atoms with Gasteiger partial charge < -0.3 is 14.8 Å². The second kappa shape index (κ2) is 5.52. The Kier molecular flexibility index (Phi) is 4.31. The van der Waals surface area contributed by atoms with Crippen LogP contribution in [-0.4, -0.2) is 28.6 Å². The highest BCUT2D eigenvalue weighted by Gasteiger charge is 2.19. The molecule has 0 fully saturated rings. The van der Waals surface area contributed by atoms with Crippen molar-refractivity contribution < 1.29 is 19.4 Å². The Bertz CT molecular complexity index is 434. The van der Waals surface area contributed by atoms with Crippen molar-refractivity contribution in [3.05, 3.63) is 22.5 Å². The third-order valence-electron chi connectivity index (χ3n) is 2.70. The first-order valence-corrected chi connectivity index (χ1v) is 5.54. The third kappa shape index (κ3) is 3.09. The smallest absolute Gasteiger partial charge is 0.355 e. The number of nitrogens with one attached hydrogen (secondary N) is 1. The van der Waals surface area contributed by atoms with Crippen LogP contribution in [0.25, 0.3) is 0 Å². The summed E-state index contributed by atoms with van der Waals surface area (Å²) in [5.41, 5.74) is 2.91. The molecule has 0 aromatic carbocycles. The number of ether oxygens (including phenoxy) is 1. The van der Waals surface area contributed by atoms with E-state index in [0.717, 1.165) is 16.8 Å². The lowest BCUT2D eigenvalue weighted by atomic mass is 10.0. The van der Waals surface area contributed by atoms with Crippen molar-refractivity contribution in [3.8, 4) is 0 Å². The lowest BCUT2D eigenvalue weighted by molar-refractivity contribution is -0.136. The zero-order valence-electron chi connectivity index (χ0n) is 10.3. The lowest BCUT2D eigenvalue weighted by Gasteiger charge is -2.03. The van der Waals surface area contributed by atoms with Crippen LogP contribution in [0.15, 0.2) is 0 Å². The molecule has 1 rings (SSSR count). The molecule has 0 aliphatic rings. The summed E-state index contributed by atoms with van der Waals surface area (Å²) in [4.78, 5) is 25.2. The SMILES string of the molecule is CCOC(=O)c1[nH]c(C)c(C)c1CCC(=O)O. The minimum Gasteiger partial charge on any atom is -0.481 e. The summed E-state index contributed by atoms with van der Waals surface area (Å²) in [5, 5.41) is 8.68. The molecule has 0 spiro atoms. The van der Waals surface area contributed by atoms with Gasteiger partial charge in [0.05, 0.1) is 6.61 Å². The van der Waals surface area contributed by atoms with Crippen LogP contribution >= 0.6 is 0 Å². The first-order valence-electron chi connectivity index (χ1n) is 5.54. The van der Waals surface area contributed by atoms with Gasteiger partial charge in [-0.25, -0.2) is 4.79 Å². The number of esters is 1. The number of carbonyl (C=O) groups is 2. The van der Waals surface area contributed by atoms with Gasteiger partial charge in [0, 0.05) is 12.1 Å². The number of rotatable bonds is 5. The molecular weight excluding hydrogens is 222 g/mol. The summed E-state index contributed by atoms with van der Waals surface area (Å²) >= 11 is 0. The van der Waals surface area contributed by atoms with Gasteiger partial charge in [0.25, 0.3) is 0 Å². The van der Waals surface area contributed by atoms with Crippen LogP contribution < -0.4 is 0 Å². The number of hydrogen-bond acceptors (Lipinski definition) is 3. The highest BCUT2D eigenvalue weighted by molar-refractivity contribution is 5.90. The fourth-order valence-electron chi connectivity index (χ4n) is 1.69. The molecule has 0 saturated carbocycles. The van der Waals surface area contributed by atoms with E-state index in [4.69, 9.17) is 9.84 Å². The molecule has 17 heavy (non-hydrogen) atoms. The zero-order valence-corrected chi connectivity index (χ0v) is 10.3. The normalized spacial score (nSPS) is 10.3. The predicted molar refractivity (Wildman–Crippen MR) is 62.2 cm³/mol. The molecule has 0 atom stereocenters.